The molecule has 2 aromatic carbocycles. The highest BCUT2D eigenvalue weighted by Gasteiger charge is 2.09. The van der Waals surface area contributed by atoms with E-state index in [1.54, 1.807) is 0 Å². The van der Waals surface area contributed by atoms with Crippen LogP contribution in [-0.2, 0) is 0 Å². The number of para-hydroxylation sites is 1. The Labute approximate surface area is 110 Å². The average molecular weight is 266 g/mol. The summed E-state index contributed by atoms with van der Waals surface area (Å²) < 4.78 is 18.7. The van der Waals surface area contributed by atoms with Crippen molar-refractivity contribution in [2.75, 3.05) is 0 Å². The summed E-state index contributed by atoms with van der Waals surface area (Å²) in [5.74, 6) is 0.661. The molecule has 0 spiro atoms. The minimum atomic E-state index is -0.468. The third kappa shape index (κ3) is 2.81. The highest BCUT2D eigenvalue weighted by molar-refractivity contribution is 6.30. The molecule has 0 aliphatic rings. The van der Waals surface area contributed by atoms with Crippen LogP contribution < -0.4 is 10.5 Å². The molecule has 0 aromatic heterocycles. The lowest BCUT2D eigenvalue weighted by atomic mass is 10.1. The number of halogens is 2. The van der Waals surface area contributed by atoms with Crippen molar-refractivity contribution in [3.63, 3.8) is 0 Å². The third-order valence-corrected chi connectivity index (χ3v) is 2.82. The lowest BCUT2D eigenvalue weighted by Gasteiger charge is -2.13. The zero-order valence-electron chi connectivity index (χ0n) is 9.86. The van der Waals surface area contributed by atoms with Gasteiger partial charge in [-0.25, -0.2) is 4.39 Å². The first kappa shape index (κ1) is 12.9. The van der Waals surface area contributed by atoms with Gasteiger partial charge in [-0.2, -0.15) is 0 Å². The van der Waals surface area contributed by atoms with Gasteiger partial charge in [0.25, 0.3) is 0 Å². The second-order valence-electron chi connectivity index (χ2n) is 4.00. The van der Waals surface area contributed by atoms with Crippen molar-refractivity contribution in [2.24, 2.45) is 5.73 Å². The summed E-state index contributed by atoms with van der Waals surface area (Å²) in [5.41, 5.74) is 6.74. The van der Waals surface area contributed by atoms with Crippen molar-refractivity contribution in [1.29, 1.82) is 0 Å². The maximum absolute atomic E-state index is 13.0. The summed E-state index contributed by atoms with van der Waals surface area (Å²) in [5, 5.41) is 0.0331. The van der Waals surface area contributed by atoms with Crippen molar-refractivity contribution in [3.05, 3.63) is 58.9 Å². The number of hydrogen-bond acceptors (Lipinski definition) is 2. The summed E-state index contributed by atoms with van der Waals surface area (Å²) in [6.45, 7) is 1.87. The van der Waals surface area contributed by atoms with Gasteiger partial charge in [0.2, 0.25) is 0 Å². The van der Waals surface area contributed by atoms with Crippen LogP contribution in [0.4, 0.5) is 4.39 Å². The van der Waals surface area contributed by atoms with E-state index in [1.165, 1.54) is 18.2 Å². The number of hydrogen-bond donors (Lipinski definition) is 1. The number of benzene rings is 2. The van der Waals surface area contributed by atoms with E-state index in [2.05, 4.69) is 0 Å². The molecule has 94 valence electrons. The second kappa shape index (κ2) is 5.38. The molecule has 0 heterocycles. The van der Waals surface area contributed by atoms with Gasteiger partial charge in [-0.1, -0.05) is 29.8 Å². The van der Waals surface area contributed by atoms with Crippen LogP contribution in [0.1, 0.15) is 18.5 Å². The van der Waals surface area contributed by atoms with Gasteiger partial charge in [0.15, 0.2) is 0 Å². The highest BCUT2D eigenvalue weighted by Crippen LogP contribution is 2.30. The van der Waals surface area contributed by atoms with E-state index in [4.69, 9.17) is 22.1 Å². The van der Waals surface area contributed by atoms with Crippen molar-refractivity contribution < 1.29 is 9.13 Å². The summed E-state index contributed by atoms with van der Waals surface area (Å²) in [4.78, 5) is 0. The molecule has 0 aliphatic carbocycles. The molecule has 0 saturated carbocycles. The van der Waals surface area contributed by atoms with E-state index >= 15 is 0 Å². The molecule has 2 nitrogen and oxygen atoms in total. The predicted molar refractivity (Wildman–Crippen MR) is 70.5 cm³/mol. The maximum atomic E-state index is 13.0. The summed E-state index contributed by atoms with van der Waals surface area (Å²) in [6.07, 6.45) is 0. The van der Waals surface area contributed by atoms with Crippen molar-refractivity contribution in [3.8, 4) is 11.5 Å². The van der Waals surface area contributed by atoms with Gasteiger partial charge in [0.1, 0.15) is 17.3 Å². The van der Waals surface area contributed by atoms with Crippen LogP contribution in [0.3, 0.4) is 0 Å². The summed E-state index contributed by atoms with van der Waals surface area (Å²) in [7, 11) is 0. The maximum Gasteiger partial charge on any atom is 0.142 e. The van der Waals surface area contributed by atoms with E-state index < -0.39 is 5.82 Å². The molecule has 2 aromatic rings. The van der Waals surface area contributed by atoms with Gasteiger partial charge in [-0.15, -0.1) is 0 Å². The van der Waals surface area contributed by atoms with E-state index in [0.29, 0.717) is 11.5 Å². The molecule has 0 bridgehead atoms. The predicted octanol–water partition coefficient (Wildman–Crippen LogP) is 4.29. The van der Waals surface area contributed by atoms with Crippen LogP contribution in [0.15, 0.2) is 42.5 Å². The van der Waals surface area contributed by atoms with Crippen LogP contribution >= 0.6 is 11.6 Å². The fourth-order valence-corrected chi connectivity index (χ4v) is 1.79. The summed E-state index contributed by atoms with van der Waals surface area (Å²) in [6, 6.07) is 11.5. The Bertz CT molecular complexity index is 557. The van der Waals surface area contributed by atoms with Crippen LogP contribution in [0.5, 0.6) is 11.5 Å². The molecule has 2 rings (SSSR count). The molecule has 0 saturated heterocycles. The lowest BCUT2D eigenvalue weighted by Crippen LogP contribution is -2.06. The highest BCUT2D eigenvalue weighted by atomic mass is 35.5. The Morgan fingerprint density at radius 1 is 1.22 bits per heavy atom. The Hall–Kier alpha value is -1.58. The monoisotopic (exact) mass is 265 g/mol. The lowest BCUT2D eigenvalue weighted by molar-refractivity contribution is 0.470. The largest absolute Gasteiger partial charge is 0.457 e. The topological polar surface area (TPSA) is 35.2 Å². The van der Waals surface area contributed by atoms with E-state index in [9.17, 15) is 4.39 Å². The first-order valence-corrected chi connectivity index (χ1v) is 5.93. The van der Waals surface area contributed by atoms with Crippen molar-refractivity contribution in [1.82, 2.24) is 0 Å². The number of ether oxygens (including phenoxy) is 1. The molecule has 0 amide bonds. The van der Waals surface area contributed by atoms with E-state index in [1.807, 2.05) is 31.2 Å². The standard InChI is InChI=1S/C14H13ClFNO/c1-9(17)11-4-2-3-5-14(11)18-10-6-7-13(16)12(15)8-10/h2-9H,17H2,1H3. The smallest absolute Gasteiger partial charge is 0.142 e. The Morgan fingerprint density at radius 2 is 1.94 bits per heavy atom. The van der Waals surface area contributed by atoms with Gasteiger partial charge >= 0.3 is 0 Å². The minimum absolute atomic E-state index is 0.0331. The second-order valence-corrected chi connectivity index (χ2v) is 4.41. The van der Waals surface area contributed by atoms with E-state index in [0.717, 1.165) is 5.56 Å². The number of rotatable bonds is 3. The van der Waals surface area contributed by atoms with Gasteiger partial charge in [0, 0.05) is 17.7 Å². The molecular formula is C14H13ClFNO. The molecule has 1 unspecified atom stereocenters. The fraction of sp³-hybridized carbons (Fsp3) is 0.143. The molecule has 2 N–H and O–H groups in total. The SMILES string of the molecule is CC(N)c1ccccc1Oc1ccc(F)c(Cl)c1. The normalized spacial score (nSPS) is 12.2. The fourth-order valence-electron chi connectivity index (χ4n) is 1.62. The molecule has 0 fully saturated rings. The van der Waals surface area contributed by atoms with Gasteiger partial charge < -0.3 is 10.5 Å². The van der Waals surface area contributed by atoms with Gasteiger partial charge in [0.05, 0.1) is 5.02 Å². The molecule has 0 aliphatic heterocycles. The molecule has 1 atom stereocenters. The molecular weight excluding hydrogens is 253 g/mol. The zero-order chi connectivity index (χ0) is 13.1. The van der Waals surface area contributed by atoms with E-state index in [-0.39, 0.29) is 11.1 Å². The molecule has 18 heavy (non-hydrogen) atoms. The van der Waals surface area contributed by atoms with Gasteiger partial charge in [-0.3, -0.25) is 0 Å². The molecule has 4 heteroatoms. The first-order chi connectivity index (χ1) is 8.58. The average Bonchev–Trinajstić information content (AvgIpc) is 2.34. The van der Waals surface area contributed by atoms with Crippen molar-refractivity contribution in [2.45, 2.75) is 13.0 Å². The molecule has 0 radical (unpaired) electrons. The van der Waals surface area contributed by atoms with Gasteiger partial charge in [-0.05, 0) is 25.1 Å². The van der Waals surface area contributed by atoms with Crippen LogP contribution in [0, 0.1) is 5.82 Å². The van der Waals surface area contributed by atoms with Crippen LogP contribution in [0.25, 0.3) is 0 Å². The summed E-state index contributed by atoms with van der Waals surface area (Å²) >= 11 is 5.70. The Balaban J connectivity index is 2.31. The van der Waals surface area contributed by atoms with Crippen LogP contribution in [-0.4, -0.2) is 0 Å². The third-order valence-electron chi connectivity index (χ3n) is 2.53. The minimum Gasteiger partial charge on any atom is -0.457 e. The van der Waals surface area contributed by atoms with Crippen molar-refractivity contribution >= 4 is 11.6 Å². The number of nitrogens with two attached hydrogens (primary N) is 1. The Kier molecular flexibility index (Phi) is 3.84. The zero-order valence-corrected chi connectivity index (χ0v) is 10.6. The van der Waals surface area contributed by atoms with Crippen LogP contribution in [0.2, 0.25) is 5.02 Å². The first-order valence-electron chi connectivity index (χ1n) is 5.55. The Morgan fingerprint density at radius 3 is 2.61 bits per heavy atom. The quantitative estimate of drug-likeness (QED) is 0.898.